The molecule has 0 saturated heterocycles. The van der Waals surface area contributed by atoms with Crippen molar-refractivity contribution in [2.24, 2.45) is 0 Å². The van der Waals surface area contributed by atoms with Crippen LogP contribution in [0.3, 0.4) is 0 Å². The van der Waals surface area contributed by atoms with E-state index in [0.29, 0.717) is 0 Å². The summed E-state index contributed by atoms with van der Waals surface area (Å²) in [5.74, 6) is 0. The summed E-state index contributed by atoms with van der Waals surface area (Å²) < 4.78 is 0. The fourth-order valence-electron chi connectivity index (χ4n) is 0. The van der Waals surface area contributed by atoms with Gasteiger partial charge in [-0.2, -0.15) is 0 Å². The predicted molar refractivity (Wildman–Crippen MR) is 29.2 cm³/mol. The molecular weight excluding hydrogens is 103 g/mol. The SMILES string of the molecule is CC(C)(C)OO.[Na]. The molecule has 0 aromatic heterocycles. The second-order valence-corrected chi connectivity index (χ2v) is 2.20. The average molecular weight is 113 g/mol. The molecule has 0 aliphatic carbocycles. The Balaban J connectivity index is 0. The molecule has 0 saturated carbocycles. The zero-order valence-electron chi connectivity index (χ0n) is 5.36. The van der Waals surface area contributed by atoms with Crippen LogP contribution in [0, 0.1) is 0 Å². The minimum Gasteiger partial charge on any atom is -0.251 e. The van der Waals surface area contributed by atoms with Crippen molar-refractivity contribution >= 4 is 29.6 Å². The monoisotopic (exact) mass is 113 g/mol. The van der Waals surface area contributed by atoms with Crippen LogP contribution >= 0.6 is 0 Å². The van der Waals surface area contributed by atoms with Crippen molar-refractivity contribution in [3.8, 4) is 0 Å². The van der Waals surface area contributed by atoms with Crippen molar-refractivity contribution in [1.82, 2.24) is 0 Å². The summed E-state index contributed by atoms with van der Waals surface area (Å²) in [6.45, 7) is 5.31. The smallest absolute Gasteiger partial charge is 0.0949 e. The first-order valence-corrected chi connectivity index (χ1v) is 1.89. The largest absolute Gasteiger partial charge is 0.251 e. The van der Waals surface area contributed by atoms with E-state index in [0.717, 1.165) is 0 Å². The van der Waals surface area contributed by atoms with E-state index < -0.39 is 5.60 Å². The van der Waals surface area contributed by atoms with Crippen LogP contribution in [0.4, 0.5) is 0 Å². The van der Waals surface area contributed by atoms with Gasteiger partial charge in [0, 0.05) is 29.6 Å². The number of hydrogen-bond acceptors (Lipinski definition) is 2. The van der Waals surface area contributed by atoms with Gasteiger partial charge in [0.1, 0.15) is 0 Å². The zero-order valence-corrected chi connectivity index (χ0v) is 7.36. The Morgan fingerprint density at radius 1 is 1.29 bits per heavy atom. The van der Waals surface area contributed by atoms with E-state index in [1.807, 2.05) is 0 Å². The van der Waals surface area contributed by atoms with Crippen LogP contribution in [-0.4, -0.2) is 40.4 Å². The quantitative estimate of drug-likeness (QED) is 0.287. The van der Waals surface area contributed by atoms with Crippen LogP contribution in [-0.2, 0) is 4.89 Å². The molecule has 0 aromatic rings. The summed E-state index contributed by atoms with van der Waals surface area (Å²) in [5, 5.41) is 7.90. The molecule has 0 aliphatic rings. The van der Waals surface area contributed by atoms with E-state index in [9.17, 15) is 0 Å². The maximum absolute atomic E-state index is 7.90. The van der Waals surface area contributed by atoms with Crippen molar-refractivity contribution < 1.29 is 10.1 Å². The fraction of sp³-hybridized carbons (Fsp3) is 1.00. The van der Waals surface area contributed by atoms with E-state index in [2.05, 4.69) is 4.89 Å². The Kier molecular flexibility index (Phi) is 5.98. The Morgan fingerprint density at radius 2 is 1.43 bits per heavy atom. The first-order chi connectivity index (χ1) is 2.56. The van der Waals surface area contributed by atoms with Gasteiger partial charge in [-0.05, 0) is 20.8 Å². The third kappa shape index (κ3) is 10.9. The van der Waals surface area contributed by atoms with Crippen LogP contribution in [0.15, 0.2) is 0 Å². The molecular formula is C4H10NaO2. The molecule has 0 unspecified atom stereocenters. The van der Waals surface area contributed by atoms with Gasteiger partial charge in [-0.15, -0.1) is 0 Å². The summed E-state index contributed by atoms with van der Waals surface area (Å²) in [7, 11) is 0. The fourth-order valence-corrected chi connectivity index (χ4v) is 0. The van der Waals surface area contributed by atoms with Gasteiger partial charge < -0.3 is 0 Å². The molecule has 1 N–H and O–H groups in total. The van der Waals surface area contributed by atoms with Gasteiger partial charge in [-0.3, -0.25) is 5.26 Å². The predicted octanol–water partition coefficient (Wildman–Crippen LogP) is 0.894. The minimum absolute atomic E-state index is 0. The molecule has 39 valence electrons. The standard InChI is InChI=1S/C4H10O2.Na/c1-4(2,3)6-5;/h5H,1-3H3;. The molecule has 7 heavy (non-hydrogen) atoms. The first-order valence-electron chi connectivity index (χ1n) is 1.89. The van der Waals surface area contributed by atoms with Gasteiger partial charge in [-0.25, -0.2) is 4.89 Å². The van der Waals surface area contributed by atoms with Crippen LogP contribution in [0.5, 0.6) is 0 Å². The summed E-state index contributed by atoms with van der Waals surface area (Å²) in [6.07, 6.45) is 0. The Hall–Kier alpha value is 0.920. The van der Waals surface area contributed by atoms with Crippen LogP contribution < -0.4 is 0 Å². The molecule has 0 fully saturated rings. The number of rotatable bonds is 0. The molecule has 0 aromatic carbocycles. The van der Waals surface area contributed by atoms with E-state index in [1.54, 1.807) is 20.8 Å². The number of hydrogen-bond donors (Lipinski definition) is 1. The molecule has 0 atom stereocenters. The first kappa shape index (κ1) is 10.8. The zero-order chi connectivity index (χ0) is 5.21. The summed E-state index contributed by atoms with van der Waals surface area (Å²) >= 11 is 0. The Labute approximate surface area is 66.1 Å². The molecule has 0 aliphatic heterocycles. The minimum atomic E-state index is -0.403. The van der Waals surface area contributed by atoms with Gasteiger partial charge in [0.25, 0.3) is 0 Å². The molecule has 0 spiro atoms. The second-order valence-electron chi connectivity index (χ2n) is 2.20. The van der Waals surface area contributed by atoms with Gasteiger partial charge in [0.05, 0.1) is 5.60 Å². The average Bonchev–Trinajstić information content (AvgIpc) is 1.35. The van der Waals surface area contributed by atoms with Crippen molar-refractivity contribution in [3.63, 3.8) is 0 Å². The maximum atomic E-state index is 7.90. The Morgan fingerprint density at radius 3 is 1.43 bits per heavy atom. The van der Waals surface area contributed by atoms with Crippen LogP contribution in [0.25, 0.3) is 0 Å². The second kappa shape index (κ2) is 3.87. The van der Waals surface area contributed by atoms with Crippen molar-refractivity contribution in [2.45, 2.75) is 26.4 Å². The third-order valence-corrected chi connectivity index (χ3v) is 0.274. The van der Waals surface area contributed by atoms with E-state index in [4.69, 9.17) is 5.26 Å². The topological polar surface area (TPSA) is 29.5 Å². The van der Waals surface area contributed by atoms with Crippen molar-refractivity contribution in [2.75, 3.05) is 0 Å². The van der Waals surface area contributed by atoms with E-state index >= 15 is 0 Å². The van der Waals surface area contributed by atoms with E-state index in [-0.39, 0.29) is 29.6 Å². The van der Waals surface area contributed by atoms with Crippen molar-refractivity contribution in [1.29, 1.82) is 0 Å². The molecule has 0 rings (SSSR count). The van der Waals surface area contributed by atoms with Crippen LogP contribution in [0.1, 0.15) is 20.8 Å². The molecule has 2 nitrogen and oxygen atoms in total. The summed E-state index contributed by atoms with van der Waals surface area (Å²) in [5.41, 5.74) is -0.403. The summed E-state index contributed by atoms with van der Waals surface area (Å²) in [6, 6.07) is 0. The van der Waals surface area contributed by atoms with Crippen LogP contribution in [0.2, 0.25) is 0 Å². The normalized spacial score (nSPS) is 10.3. The molecule has 3 heteroatoms. The van der Waals surface area contributed by atoms with Gasteiger partial charge in [0.15, 0.2) is 0 Å². The molecule has 0 bridgehead atoms. The summed E-state index contributed by atoms with van der Waals surface area (Å²) in [4.78, 5) is 3.94. The molecule has 0 heterocycles. The van der Waals surface area contributed by atoms with Crippen molar-refractivity contribution in [3.05, 3.63) is 0 Å². The van der Waals surface area contributed by atoms with Gasteiger partial charge in [0.2, 0.25) is 0 Å². The maximum Gasteiger partial charge on any atom is 0.0949 e. The van der Waals surface area contributed by atoms with Gasteiger partial charge in [-0.1, -0.05) is 0 Å². The molecule has 1 radical (unpaired) electrons. The molecule has 0 amide bonds. The Bertz CT molecular complexity index is 39.4. The third-order valence-electron chi connectivity index (χ3n) is 0.274. The van der Waals surface area contributed by atoms with Gasteiger partial charge >= 0.3 is 0 Å². The van der Waals surface area contributed by atoms with E-state index in [1.165, 1.54) is 0 Å².